The first-order valence-corrected chi connectivity index (χ1v) is 9.94. The molecule has 0 radical (unpaired) electrons. The maximum atomic E-state index is 13.2. The zero-order chi connectivity index (χ0) is 21.8. The van der Waals surface area contributed by atoms with Gasteiger partial charge in [0.05, 0.1) is 19.9 Å². The van der Waals surface area contributed by atoms with Crippen LogP contribution in [-0.4, -0.2) is 50.4 Å². The summed E-state index contributed by atoms with van der Waals surface area (Å²) >= 11 is 0. The Bertz CT molecular complexity index is 1040. The predicted octanol–water partition coefficient (Wildman–Crippen LogP) is 3.29. The maximum absolute atomic E-state index is 13.2. The van der Waals surface area contributed by atoms with Crippen LogP contribution < -0.4 is 30.3 Å². The van der Waals surface area contributed by atoms with Gasteiger partial charge in [0.2, 0.25) is 0 Å². The molecule has 0 bridgehead atoms. The predicted molar refractivity (Wildman–Crippen MR) is 120 cm³/mol. The number of nitrogen functional groups attached to an aromatic ring is 1. The number of nitrogens with two attached hydrogens (primary N) is 1. The Kier molecular flexibility index (Phi) is 5.92. The monoisotopic (exact) mass is 424 g/mol. The summed E-state index contributed by atoms with van der Waals surface area (Å²) in [6, 6.07) is 12.0. The zero-order valence-corrected chi connectivity index (χ0v) is 17.5. The first-order valence-electron chi connectivity index (χ1n) is 9.94. The van der Waals surface area contributed by atoms with E-state index >= 15 is 0 Å². The molecule has 9 heteroatoms. The molecule has 1 fully saturated rings. The van der Waals surface area contributed by atoms with E-state index in [9.17, 15) is 4.39 Å². The Morgan fingerprint density at radius 2 is 1.65 bits per heavy atom. The van der Waals surface area contributed by atoms with E-state index in [0.29, 0.717) is 28.8 Å². The van der Waals surface area contributed by atoms with E-state index in [-0.39, 0.29) is 5.82 Å². The summed E-state index contributed by atoms with van der Waals surface area (Å²) in [4.78, 5) is 13.1. The van der Waals surface area contributed by atoms with Crippen molar-refractivity contribution in [3.05, 3.63) is 54.6 Å². The average Bonchev–Trinajstić information content (AvgIpc) is 2.81. The number of aromatic nitrogens is 2. The molecule has 8 nitrogen and oxygen atoms in total. The molecule has 3 aromatic rings. The highest BCUT2D eigenvalue weighted by Gasteiger charge is 2.22. The molecule has 0 unspecified atom stereocenters. The molecule has 1 aliphatic rings. The van der Waals surface area contributed by atoms with Gasteiger partial charge in [-0.05, 0) is 36.4 Å². The summed E-state index contributed by atoms with van der Waals surface area (Å²) in [6.07, 6.45) is 1.50. The van der Waals surface area contributed by atoms with Gasteiger partial charge in [-0.1, -0.05) is 0 Å². The van der Waals surface area contributed by atoms with Crippen LogP contribution in [0.4, 0.5) is 33.1 Å². The number of methoxy groups -OCH3 is 2. The molecule has 2 heterocycles. The summed E-state index contributed by atoms with van der Waals surface area (Å²) in [5.41, 5.74) is 8.62. The molecule has 3 N–H and O–H groups in total. The number of rotatable bonds is 6. The molecular weight excluding hydrogens is 399 g/mol. The van der Waals surface area contributed by atoms with E-state index in [1.165, 1.54) is 18.5 Å². The molecule has 31 heavy (non-hydrogen) atoms. The molecule has 2 aromatic carbocycles. The normalized spacial score (nSPS) is 13.8. The van der Waals surface area contributed by atoms with Crippen LogP contribution in [-0.2, 0) is 0 Å². The second-order valence-electron chi connectivity index (χ2n) is 7.10. The molecule has 4 rings (SSSR count). The number of halogens is 1. The third-order valence-corrected chi connectivity index (χ3v) is 5.30. The smallest absolute Gasteiger partial charge is 0.159 e. The van der Waals surface area contributed by atoms with Crippen LogP contribution in [0.15, 0.2) is 48.8 Å². The minimum Gasteiger partial charge on any atom is -0.497 e. The summed E-state index contributed by atoms with van der Waals surface area (Å²) in [5.74, 6) is 2.27. The van der Waals surface area contributed by atoms with E-state index in [4.69, 9.17) is 15.2 Å². The lowest BCUT2D eigenvalue weighted by Gasteiger charge is -2.37. The van der Waals surface area contributed by atoms with E-state index in [1.807, 2.05) is 12.1 Å². The van der Waals surface area contributed by atoms with Gasteiger partial charge in [-0.3, -0.25) is 0 Å². The topological polar surface area (TPSA) is 88.8 Å². The average molecular weight is 424 g/mol. The molecule has 1 aliphatic heterocycles. The lowest BCUT2D eigenvalue weighted by molar-refractivity contribution is 0.395. The van der Waals surface area contributed by atoms with Crippen LogP contribution in [0.5, 0.6) is 11.5 Å². The highest BCUT2D eigenvalue weighted by molar-refractivity contribution is 5.80. The number of hydrogen-bond donors (Lipinski definition) is 2. The van der Waals surface area contributed by atoms with Gasteiger partial charge in [-0.15, -0.1) is 0 Å². The van der Waals surface area contributed by atoms with Crippen molar-refractivity contribution in [2.24, 2.45) is 0 Å². The molecule has 0 spiro atoms. The van der Waals surface area contributed by atoms with Crippen LogP contribution in [0, 0.1) is 5.82 Å². The largest absolute Gasteiger partial charge is 0.497 e. The number of benzene rings is 2. The van der Waals surface area contributed by atoms with Gasteiger partial charge in [0.15, 0.2) is 11.6 Å². The second kappa shape index (κ2) is 8.95. The van der Waals surface area contributed by atoms with Crippen molar-refractivity contribution in [2.75, 3.05) is 61.2 Å². The van der Waals surface area contributed by atoms with E-state index in [0.717, 1.165) is 37.6 Å². The highest BCUT2D eigenvalue weighted by Crippen LogP contribution is 2.34. The molecule has 0 atom stereocenters. The number of ether oxygens (including phenoxy) is 2. The molecule has 1 aromatic heterocycles. The Labute approximate surface area is 180 Å². The molecule has 0 saturated carbocycles. The molecule has 162 valence electrons. The third kappa shape index (κ3) is 4.40. The van der Waals surface area contributed by atoms with E-state index in [2.05, 4.69) is 25.1 Å². The second-order valence-corrected chi connectivity index (χ2v) is 7.10. The Balaban J connectivity index is 1.49. The fourth-order valence-corrected chi connectivity index (χ4v) is 3.60. The number of hydrogen-bond acceptors (Lipinski definition) is 8. The van der Waals surface area contributed by atoms with Crippen LogP contribution in [0.1, 0.15) is 0 Å². The van der Waals surface area contributed by atoms with Crippen molar-refractivity contribution >= 4 is 28.7 Å². The fraction of sp³-hybridized carbons (Fsp3) is 0.273. The number of nitrogens with zero attached hydrogens (tertiary/aromatic N) is 4. The van der Waals surface area contributed by atoms with Crippen molar-refractivity contribution in [3.63, 3.8) is 0 Å². The van der Waals surface area contributed by atoms with E-state index in [1.54, 1.807) is 32.4 Å². The first-order chi connectivity index (χ1) is 15.1. The third-order valence-electron chi connectivity index (χ3n) is 5.30. The number of piperazine rings is 1. The molecule has 0 aliphatic carbocycles. The van der Waals surface area contributed by atoms with Gasteiger partial charge in [-0.2, -0.15) is 0 Å². The zero-order valence-electron chi connectivity index (χ0n) is 17.5. The van der Waals surface area contributed by atoms with Gasteiger partial charge in [0.1, 0.15) is 29.3 Å². The van der Waals surface area contributed by atoms with Gasteiger partial charge >= 0.3 is 0 Å². The van der Waals surface area contributed by atoms with Crippen LogP contribution >= 0.6 is 0 Å². The van der Waals surface area contributed by atoms with Crippen LogP contribution in [0.2, 0.25) is 0 Å². The summed E-state index contributed by atoms with van der Waals surface area (Å²) in [5, 5.41) is 3.23. The van der Waals surface area contributed by atoms with Gasteiger partial charge in [0, 0.05) is 37.9 Å². The lowest BCUT2D eigenvalue weighted by Crippen LogP contribution is -2.47. The Morgan fingerprint density at radius 1 is 0.935 bits per heavy atom. The van der Waals surface area contributed by atoms with Crippen molar-refractivity contribution in [1.82, 2.24) is 9.97 Å². The fourth-order valence-electron chi connectivity index (χ4n) is 3.60. The minimum atomic E-state index is -0.232. The van der Waals surface area contributed by atoms with Crippen molar-refractivity contribution in [3.8, 4) is 11.5 Å². The van der Waals surface area contributed by atoms with Crippen molar-refractivity contribution in [2.45, 2.75) is 0 Å². The summed E-state index contributed by atoms with van der Waals surface area (Å²) in [7, 11) is 3.20. The van der Waals surface area contributed by atoms with Gasteiger partial charge in [0.25, 0.3) is 0 Å². The van der Waals surface area contributed by atoms with Gasteiger partial charge in [-0.25, -0.2) is 14.4 Å². The number of anilines is 5. The minimum absolute atomic E-state index is 0.232. The highest BCUT2D eigenvalue weighted by atomic mass is 19.1. The summed E-state index contributed by atoms with van der Waals surface area (Å²) in [6.45, 7) is 3.04. The standard InChI is InChI=1S/C22H25FN6O2/c1-30-17-7-8-18(19(13-17)31-2)27-21-20(24)22(26-14-25-21)29-11-9-28(10-12-29)16-5-3-15(23)4-6-16/h3-8,13-14H,9-12,24H2,1-2H3,(H,25,26,27). The lowest BCUT2D eigenvalue weighted by atomic mass is 10.2. The van der Waals surface area contributed by atoms with Crippen LogP contribution in [0.3, 0.4) is 0 Å². The van der Waals surface area contributed by atoms with Crippen molar-refractivity contribution < 1.29 is 13.9 Å². The van der Waals surface area contributed by atoms with E-state index < -0.39 is 0 Å². The summed E-state index contributed by atoms with van der Waals surface area (Å²) < 4.78 is 23.9. The Hall–Kier alpha value is -3.75. The van der Waals surface area contributed by atoms with Crippen LogP contribution in [0.25, 0.3) is 0 Å². The van der Waals surface area contributed by atoms with Gasteiger partial charge < -0.3 is 30.3 Å². The molecular formula is C22H25FN6O2. The Morgan fingerprint density at radius 3 is 2.32 bits per heavy atom. The van der Waals surface area contributed by atoms with Crippen molar-refractivity contribution in [1.29, 1.82) is 0 Å². The maximum Gasteiger partial charge on any atom is 0.159 e. The molecule has 1 saturated heterocycles. The number of nitrogens with one attached hydrogen (secondary N) is 1. The molecule has 0 amide bonds. The SMILES string of the molecule is COc1ccc(Nc2ncnc(N3CCN(c4ccc(F)cc4)CC3)c2N)c(OC)c1. The quantitative estimate of drug-likeness (QED) is 0.623. The first kappa shape index (κ1) is 20.5.